The van der Waals surface area contributed by atoms with Gasteiger partial charge in [-0.05, 0) is 19.8 Å². The minimum absolute atomic E-state index is 0.207. The van der Waals surface area contributed by atoms with E-state index >= 15 is 0 Å². The Labute approximate surface area is 100 Å². The van der Waals surface area contributed by atoms with Crippen molar-refractivity contribution in [3.8, 4) is 5.75 Å². The van der Waals surface area contributed by atoms with E-state index in [1.54, 1.807) is 4.40 Å². The van der Waals surface area contributed by atoms with Crippen molar-refractivity contribution in [1.29, 1.82) is 0 Å². The number of hydrogen-bond acceptors (Lipinski definition) is 2. The van der Waals surface area contributed by atoms with Crippen LogP contribution < -0.4 is 4.74 Å². The second kappa shape index (κ2) is 4.35. The van der Waals surface area contributed by atoms with E-state index in [1.165, 1.54) is 0 Å². The smallest absolute Gasteiger partial charge is 0.208 e. The number of halogens is 1. The van der Waals surface area contributed by atoms with Crippen molar-refractivity contribution in [1.82, 2.24) is 9.38 Å². The molecule has 0 amide bonds. The van der Waals surface area contributed by atoms with Crippen LogP contribution >= 0.6 is 0 Å². The Morgan fingerprint density at radius 1 is 1.41 bits per heavy atom. The molecule has 17 heavy (non-hydrogen) atoms. The molecule has 2 aromatic heterocycles. The van der Waals surface area contributed by atoms with Gasteiger partial charge in [-0.3, -0.25) is 0 Å². The largest absolute Gasteiger partial charge is 0.490 e. The predicted molar refractivity (Wildman–Crippen MR) is 65.1 cm³/mol. The molecule has 0 fully saturated rings. The van der Waals surface area contributed by atoms with Crippen molar-refractivity contribution in [2.24, 2.45) is 0 Å². The summed E-state index contributed by atoms with van der Waals surface area (Å²) < 4.78 is 21.4. The van der Waals surface area contributed by atoms with Gasteiger partial charge in [-0.25, -0.2) is 4.98 Å². The number of imidazole rings is 1. The molecule has 2 rings (SSSR count). The second-order valence-corrected chi connectivity index (χ2v) is 4.43. The van der Waals surface area contributed by atoms with Gasteiger partial charge in [-0.2, -0.15) is 4.39 Å². The average Bonchev–Trinajstić information content (AvgIpc) is 2.63. The van der Waals surface area contributed by atoms with Crippen LogP contribution in [0.4, 0.5) is 4.39 Å². The van der Waals surface area contributed by atoms with E-state index in [2.05, 4.69) is 4.98 Å². The maximum absolute atomic E-state index is 14.3. The third-order valence-corrected chi connectivity index (χ3v) is 2.70. The van der Waals surface area contributed by atoms with E-state index in [0.29, 0.717) is 18.0 Å². The van der Waals surface area contributed by atoms with E-state index in [1.807, 2.05) is 40.1 Å². The molecule has 0 radical (unpaired) electrons. The lowest BCUT2D eigenvalue weighted by Gasteiger charge is -2.14. The molecule has 2 heterocycles. The van der Waals surface area contributed by atoms with Crippen molar-refractivity contribution in [3.63, 3.8) is 0 Å². The van der Waals surface area contributed by atoms with Crippen LogP contribution in [0, 0.1) is 12.7 Å². The highest BCUT2D eigenvalue weighted by Gasteiger charge is 2.18. The number of pyridine rings is 1. The summed E-state index contributed by atoms with van der Waals surface area (Å²) >= 11 is 0. The summed E-state index contributed by atoms with van der Waals surface area (Å²) in [5.74, 6) is 0.171. The Morgan fingerprint density at radius 3 is 2.71 bits per heavy atom. The Morgan fingerprint density at radius 2 is 2.12 bits per heavy atom. The molecular weight excluding hydrogens is 219 g/mol. The van der Waals surface area contributed by atoms with Crippen LogP contribution in [0.25, 0.3) is 5.65 Å². The van der Waals surface area contributed by atoms with Crippen molar-refractivity contribution in [2.45, 2.75) is 33.6 Å². The number of ether oxygens (including phenoxy) is 1. The quantitative estimate of drug-likeness (QED) is 0.817. The summed E-state index contributed by atoms with van der Waals surface area (Å²) in [5.41, 5.74) is 2.00. The minimum atomic E-state index is -0.369. The van der Waals surface area contributed by atoms with E-state index in [-0.39, 0.29) is 11.7 Å². The standard InChI is InChI=1S/C13H17FN2O/c1-5-17-12-10(8(2)3)7-16-6-9(4)15-13(16)11(12)14/h6-8H,5H2,1-4H3. The van der Waals surface area contributed by atoms with Crippen molar-refractivity contribution < 1.29 is 9.13 Å². The molecule has 0 bridgehead atoms. The van der Waals surface area contributed by atoms with Crippen molar-refractivity contribution >= 4 is 5.65 Å². The first-order valence-corrected chi connectivity index (χ1v) is 5.85. The Balaban J connectivity index is 2.73. The Kier molecular flexibility index (Phi) is 3.05. The zero-order valence-corrected chi connectivity index (χ0v) is 10.6. The van der Waals surface area contributed by atoms with Crippen LogP contribution in [0.5, 0.6) is 5.75 Å². The highest BCUT2D eigenvalue weighted by Crippen LogP contribution is 2.31. The number of nitrogens with zero attached hydrogens (tertiary/aromatic N) is 2. The summed E-state index contributed by atoms with van der Waals surface area (Å²) in [6.45, 7) is 8.19. The van der Waals surface area contributed by atoms with Gasteiger partial charge in [0.1, 0.15) is 0 Å². The molecule has 0 saturated carbocycles. The van der Waals surface area contributed by atoms with Gasteiger partial charge in [0, 0.05) is 18.0 Å². The monoisotopic (exact) mass is 236 g/mol. The summed E-state index contributed by atoms with van der Waals surface area (Å²) in [4.78, 5) is 4.16. The van der Waals surface area contributed by atoms with Gasteiger partial charge in [-0.1, -0.05) is 13.8 Å². The molecule has 0 aromatic carbocycles. The van der Waals surface area contributed by atoms with Crippen LogP contribution in [0.2, 0.25) is 0 Å². The van der Waals surface area contributed by atoms with Crippen molar-refractivity contribution in [3.05, 3.63) is 29.5 Å². The van der Waals surface area contributed by atoms with Gasteiger partial charge < -0.3 is 9.14 Å². The SMILES string of the molecule is CCOc1c(C(C)C)cn2cc(C)nc2c1F. The van der Waals surface area contributed by atoms with Crippen LogP contribution in [-0.2, 0) is 0 Å². The van der Waals surface area contributed by atoms with Gasteiger partial charge in [0.05, 0.1) is 12.3 Å². The molecule has 0 aliphatic rings. The molecule has 2 aromatic rings. The second-order valence-electron chi connectivity index (χ2n) is 4.43. The third-order valence-electron chi connectivity index (χ3n) is 2.70. The topological polar surface area (TPSA) is 26.5 Å². The molecule has 0 unspecified atom stereocenters. The zero-order valence-electron chi connectivity index (χ0n) is 10.6. The number of fused-ring (bicyclic) bond motifs is 1. The molecule has 0 spiro atoms. The third kappa shape index (κ3) is 1.99. The highest BCUT2D eigenvalue weighted by atomic mass is 19.1. The van der Waals surface area contributed by atoms with Crippen LogP contribution in [-0.4, -0.2) is 16.0 Å². The van der Waals surface area contributed by atoms with Gasteiger partial charge in [0.15, 0.2) is 11.4 Å². The summed E-state index contributed by atoms with van der Waals surface area (Å²) in [5, 5.41) is 0. The van der Waals surface area contributed by atoms with Gasteiger partial charge in [-0.15, -0.1) is 0 Å². The normalized spacial score (nSPS) is 11.4. The minimum Gasteiger partial charge on any atom is -0.490 e. The summed E-state index contributed by atoms with van der Waals surface area (Å²) in [6.07, 6.45) is 3.72. The lowest BCUT2D eigenvalue weighted by Crippen LogP contribution is -2.04. The molecule has 92 valence electrons. The summed E-state index contributed by atoms with van der Waals surface area (Å²) in [7, 11) is 0. The maximum atomic E-state index is 14.3. The fraction of sp³-hybridized carbons (Fsp3) is 0.462. The highest BCUT2D eigenvalue weighted by molar-refractivity contribution is 5.52. The fourth-order valence-corrected chi connectivity index (χ4v) is 1.92. The first-order valence-electron chi connectivity index (χ1n) is 5.85. The first-order chi connectivity index (χ1) is 8.04. The lowest BCUT2D eigenvalue weighted by atomic mass is 10.0. The Bertz CT molecular complexity index is 546. The molecule has 3 nitrogen and oxygen atoms in total. The fourth-order valence-electron chi connectivity index (χ4n) is 1.92. The van der Waals surface area contributed by atoms with Crippen LogP contribution in [0.3, 0.4) is 0 Å². The number of aromatic nitrogens is 2. The number of hydrogen-bond donors (Lipinski definition) is 0. The lowest BCUT2D eigenvalue weighted by molar-refractivity contribution is 0.316. The molecule has 0 N–H and O–H groups in total. The van der Waals surface area contributed by atoms with Crippen LogP contribution in [0.1, 0.15) is 37.9 Å². The molecular formula is C13H17FN2O. The van der Waals surface area contributed by atoms with E-state index in [0.717, 1.165) is 11.3 Å². The zero-order chi connectivity index (χ0) is 12.6. The van der Waals surface area contributed by atoms with E-state index < -0.39 is 0 Å². The summed E-state index contributed by atoms with van der Waals surface area (Å²) in [6, 6.07) is 0. The maximum Gasteiger partial charge on any atom is 0.208 e. The predicted octanol–water partition coefficient (Wildman–Crippen LogP) is 3.30. The molecule has 0 aliphatic carbocycles. The van der Waals surface area contributed by atoms with Gasteiger partial charge >= 0.3 is 0 Å². The molecule has 0 saturated heterocycles. The van der Waals surface area contributed by atoms with E-state index in [9.17, 15) is 4.39 Å². The first kappa shape index (κ1) is 11.9. The number of rotatable bonds is 3. The van der Waals surface area contributed by atoms with Gasteiger partial charge in [0.2, 0.25) is 5.82 Å². The van der Waals surface area contributed by atoms with Gasteiger partial charge in [0.25, 0.3) is 0 Å². The van der Waals surface area contributed by atoms with E-state index in [4.69, 9.17) is 4.74 Å². The molecule has 4 heteroatoms. The van der Waals surface area contributed by atoms with Crippen molar-refractivity contribution in [2.75, 3.05) is 6.61 Å². The number of aryl methyl sites for hydroxylation is 1. The molecule has 0 atom stereocenters. The van der Waals surface area contributed by atoms with Crippen LogP contribution in [0.15, 0.2) is 12.4 Å². The average molecular weight is 236 g/mol. The Hall–Kier alpha value is -1.58. The molecule has 0 aliphatic heterocycles.